The number of hydrogen-bond donors (Lipinski definition) is 3. The van der Waals surface area contributed by atoms with Crippen LogP contribution in [-0.4, -0.2) is 54.2 Å². The van der Waals surface area contributed by atoms with Crippen molar-refractivity contribution < 1.29 is 9.52 Å². The monoisotopic (exact) mass is 362 g/mol. The minimum absolute atomic E-state index is 0.261. The molecule has 1 atom stereocenters. The second kappa shape index (κ2) is 8.91. The van der Waals surface area contributed by atoms with Crippen LogP contribution < -0.4 is 10.6 Å². The van der Waals surface area contributed by atoms with Gasteiger partial charge in [-0.2, -0.15) is 0 Å². The summed E-state index contributed by atoms with van der Waals surface area (Å²) in [7, 11) is 0. The minimum atomic E-state index is -1.10. The van der Waals surface area contributed by atoms with Crippen molar-refractivity contribution in [2.24, 2.45) is 4.99 Å². The van der Waals surface area contributed by atoms with E-state index < -0.39 is 5.60 Å². The van der Waals surface area contributed by atoms with Crippen LogP contribution >= 0.6 is 0 Å². The molecule has 1 saturated carbocycles. The molecule has 6 heteroatoms. The lowest BCUT2D eigenvalue weighted by atomic mass is 10.0. The summed E-state index contributed by atoms with van der Waals surface area (Å²) in [6.07, 6.45) is 9.43. The van der Waals surface area contributed by atoms with Crippen LogP contribution in [-0.2, 0) is 5.60 Å². The number of piperidine rings is 1. The Morgan fingerprint density at radius 3 is 2.65 bits per heavy atom. The van der Waals surface area contributed by atoms with Gasteiger partial charge in [0.25, 0.3) is 0 Å². The normalized spacial score (nSPS) is 23.1. The highest BCUT2D eigenvalue weighted by Gasteiger charge is 2.28. The van der Waals surface area contributed by atoms with Gasteiger partial charge in [0.2, 0.25) is 0 Å². The summed E-state index contributed by atoms with van der Waals surface area (Å²) in [6, 6.07) is 4.84. The van der Waals surface area contributed by atoms with Crippen molar-refractivity contribution in [1.82, 2.24) is 15.5 Å². The second-order valence-corrected chi connectivity index (χ2v) is 7.84. The first-order valence-corrected chi connectivity index (χ1v) is 10.1. The van der Waals surface area contributed by atoms with Crippen LogP contribution in [0.3, 0.4) is 0 Å². The number of guanidine groups is 1. The van der Waals surface area contributed by atoms with Gasteiger partial charge >= 0.3 is 0 Å². The zero-order chi connectivity index (χ0) is 18.4. The lowest BCUT2D eigenvalue weighted by molar-refractivity contribution is 0.0436. The van der Waals surface area contributed by atoms with E-state index in [2.05, 4.69) is 27.4 Å². The van der Waals surface area contributed by atoms with Gasteiger partial charge in [0, 0.05) is 31.7 Å². The van der Waals surface area contributed by atoms with E-state index in [0.29, 0.717) is 11.8 Å². The quantitative estimate of drug-likeness (QED) is 0.535. The molecule has 1 saturated heterocycles. The van der Waals surface area contributed by atoms with Crippen LogP contribution in [0.5, 0.6) is 0 Å². The average molecular weight is 363 g/mol. The van der Waals surface area contributed by atoms with Crippen molar-refractivity contribution in [2.75, 3.05) is 26.2 Å². The first-order valence-electron chi connectivity index (χ1n) is 10.1. The Morgan fingerprint density at radius 1 is 1.31 bits per heavy atom. The predicted molar refractivity (Wildman–Crippen MR) is 104 cm³/mol. The standard InChI is InChI=1S/C20H34N4O2/c1-3-21-19(22-15-20(2,25)18-9-6-14-26-18)23-16-10-12-24(13-11-16)17-7-4-5-8-17/h6,9,14,16-17,25H,3-5,7-8,10-13,15H2,1-2H3,(H2,21,22,23). The molecule has 3 rings (SSSR count). The Morgan fingerprint density at radius 2 is 2.04 bits per heavy atom. The van der Waals surface area contributed by atoms with Crippen LogP contribution in [0.4, 0.5) is 0 Å². The number of nitrogens with zero attached hydrogens (tertiary/aromatic N) is 2. The molecule has 1 unspecified atom stereocenters. The molecule has 3 N–H and O–H groups in total. The molecule has 1 aromatic rings. The smallest absolute Gasteiger partial charge is 0.191 e. The third-order valence-corrected chi connectivity index (χ3v) is 5.65. The molecule has 26 heavy (non-hydrogen) atoms. The number of likely N-dealkylation sites (tertiary alicyclic amines) is 1. The molecule has 1 aliphatic carbocycles. The van der Waals surface area contributed by atoms with Crippen LogP contribution in [0.15, 0.2) is 27.8 Å². The number of rotatable bonds is 6. The van der Waals surface area contributed by atoms with Crippen molar-refractivity contribution in [3.8, 4) is 0 Å². The van der Waals surface area contributed by atoms with E-state index in [-0.39, 0.29) is 6.54 Å². The fourth-order valence-corrected chi connectivity index (χ4v) is 4.09. The van der Waals surface area contributed by atoms with Gasteiger partial charge < -0.3 is 25.1 Å². The van der Waals surface area contributed by atoms with Crippen molar-refractivity contribution >= 4 is 5.96 Å². The van der Waals surface area contributed by atoms with Crippen LogP contribution in [0.25, 0.3) is 0 Å². The second-order valence-electron chi connectivity index (χ2n) is 7.84. The summed E-state index contributed by atoms with van der Waals surface area (Å²) < 4.78 is 5.34. The SMILES string of the molecule is CCNC(=NCC(C)(O)c1ccco1)NC1CCN(C2CCCC2)CC1. The lowest BCUT2D eigenvalue weighted by Gasteiger charge is -2.36. The fourth-order valence-electron chi connectivity index (χ4n) is 4.09. The third kappa shape index (κ3) is 5.01. The average Bonchev–Trinajstić information content (AvgIpc) is 3.34. The fraction of sp³-hybridized carbons (Fsp3) is 0.750. The number of nitrogens with one attached hydrogen (secondary N) is 2. The zero-order valence-electron chi connectivity index (χ0n) is 16.2. The number of aliphatic imine (C=N–C) groups is 1. The van der Waals surface area contributed by atoms with Crippen molar-refractivity contribution in [3.63, 3.8) is 0 Å². The molecule has 0 bridgehead atoms. The maximum absolute atomic E-state index is 10.6. The van der Waals surface area contributed by atoms with Gasteiger partial charge in [-0.1, -0.05) is 12.8 Å². The minimum Gasteiger partial charge on any atom is -0.466 e. The summed E-state index contributed by atoms with van der Waals surface area (Å²) in [6.45, 7) is 7.20. The first kappa shape index (κ1) is 19.2. The Kier molecular flexibility index (Phi) is 6.59. The summed E-state index contributed by atoms with van der Waals surface area (Å²) in [5, 5.41) is 17.4. The molecular weight excluding hydrogens is 328 g/mol. The number of hydrogen-bond acceptors (Lipinski definition) is 4. The van der Waals surface area contributed by atoms with Gasteiger partial charge in [-0.15, -0.1) is 0 Å². The molecule has 2 fully saturated rings. The molecule has 2 heterocycles. The molecule has 0 aromatic carbocycles. The molecule has 0 radical (unpaired) electrons. The Balaban J connectivity index is 1.52. The van der Waals surface area contributed by atoms with E-state index in [1.54, 1.807) is 25.3 Å². The maximum Gasteiger partial charge on any atom is 0.191 e. The zero-order valence-corrected chi connectivity index (χ0v) is 16.2. The van der Waals surface area contributed by atoms with Crippen molar-refractivity contribution in [1.29, 1.82) is 0 Å². The lowest BCUT2D eigenvalue weighted by Crippen LogP contribution is -2.50. The van der Waals surface area contributed by atoms with Gasteiger partial charge in [-0.25, -0.2) is 4.99 Å². The molecule has 1 aromatic heterocycles. The number of furan rings is 1. The Bertz CT molecular complexity index is 556. The molecular formula is C20H34N4O2. The maximum atomic E-state index is 10.6. The summed E-state index contributed by atoms with van der Waals surface area (Å²) >= 11 is 0. The Labute approximate surface area is 157 Å². The van der Waals surface area contributed by atoms with Gasteiger partial charge in [-0.3, -0.25) is 0 Å². The highest BCUT2D eigenvalue weighted by atomic mass is 16.4. The van der Waals surface area contributed by atoms with Crippen LogP contribution in [0.1, 0.15) is 58.1 Å². The van der Waals surface area contributed by atoms with Crippen molar-refractivity contribution in [3.05, 3.63) is 24.2 Å². The van der Waals surface area contributed by atoms with E-state index >= 15 is 0 Å². The molecule has 1 aliphatic heterocycles. The van der Waals surface area contributed by atoms with E-state index in [0.717, 1.165) is 31.4 Å². The van der Waals surface area contributed by atoms with E-state index in [4.69, 9.17) is 4.42 Å². The summed E-state index contributed by atoms with van der Waals surface area (Å²) in [5.74, 6) is 1.32. The third-order valence-electron chi connectivity index (χ3n) is 5.65. The van der Waals surface area contributed by atoms with Crippen LogP contribution in [0.2, 0.25) is 0 Å². The molecule has 0 spiro atoms. The molecule has 0 amide bonds. The van der Waals surface area contributed by atoms with Crippen LogP contribution in [0, 0.1) is 0 Å². The predicted octanol–water partition coefficient (Wildman–Crippen LogP) is 2.45. The Hall–Kier alpha value is -1.53. The van der Waals surface area contributed by atoms with E-state index in [1.807, 2.05) is 0 Å². The highest BCUT2D eigenvalue weighted by Crippen LogP contribution is 2.26. The van der Waals surface area contributed by atoms with Gasteiger partial charge in [-0.05, 0) is 51.7 Å². The largest absolute Gasteiger partial charge is 0.466 e. The van der Waals surface area contributed by atoms with Gasteiger partial charge in [0.15, 0.2) is 5.96 Å². The first-order chi connectivity index (χ1) is 12.6. The molecule has 2 aliphatic rings. The van der Waals surface area contributed by atoms with Gasteiger partial charge in [0.1, 0.15) is 11.4 Å². The highest BCUT2D eigenvalue weighted by molar-refractivity contribution is 5.80. The van der Waals surface area contributed by atoms with E-state index in [1.165, 1.54) is 38.8 Å². The van der Waals surface area contributed by atoms with E-state index in [9.17, 15) is 5.11 Å². The topological polar surface area (TPSA) is 73.0 Å². The van der Waals surface area contributed by atoms with Crippen molar-refractivity contribution in [2.45, 2.75) is 70.1 Å². The summed E-state index contributed by atoms with van der Waals surface area (Å²) in [5.41, 5.74) is -1.10. The summed E-state index contributed by atoms with van der Waals surface area (Å²) in [4.78, 5) is 7.28. The molecule has 146 valence electrons. The molecule has 6 nitrogen and oxygen atoms in total. The van der Waals surface area contributed by atoms with Gasteiger partial charge in [0.05, 0.1) is 12.8 Å². The number of aliphatic hydroxyl groups is 1.